The fourth-order valence-electron chi connectivity index (χ4n) is 4.82. The van der Waals surface area contributed by atoms with E-state index in [0.29, 0.717) is 17.8 Å². The number of hydrogen-bond donors (Lipinski definition) is 3. The van der Waals surface area contributed by atoms with E-state index in [-0.39, 0.29) is 0 Å². The molecule has 2 amide bonds. The lowest BCUT2D eigenvalue weighted by molar-refractivity contribution is -0.0193. The fraction of sp³-hybridized carbons (Fsp3) is 0.714. The Labute approximate surface area is 113 Å². The Morgan fingerprint density at radius 1 is 1.16 bits per heavy atom. The molecular formula is C14H20N4O. The van der Waals surface area contributed by atoms with Gasteiger partial charge < -0.3 is 11.2 Å². The van der Waals surface area contributed by atoms with E-state index >= 15 is 0 Å². The first kappa shape index (κ1) is 12.3. The number of nitrogens with one attached hydrogen (secondary N) is 2. The van der Waals surface area contributed by atoms with Crippen molar-refractivity contribution in [2.75, 3.05) is 0 Å². The number of nitriles is 1. The van der Waals surface area contributed by atoms with Crippen LogP contribution in [0.5, 0.6) is 0 Å². The van der Waals surface area contributed by atoms with E-state index in [1.54, 1.807) is 6.20 Å². The normalized spacial score (nSPS) is 39.7. The number of nitrogens with zero attached hydrogens (tertiary/aromatic N) is 1. The number of amides is 2. The smallest absolute Gasteiger partial charge is 0.330 e. The molecule has 4 aliphatic carbocycles. The molecule has 0 aromatic rings. The van der Waals surface area contributed by atoms with Gasteiger partial charge in [-0.15, -0.1) is 0 Å². The molecule has 0 aromatic carbocycles. The fourth-order valence-corrected chi connectivity index (χ4v) is 4.82. The van der Waals surface area contributed by atoms with Crippen molar-refractivity contribution >= 4 is 6.03 Å². The van der Waals surface area contributed by atoms with Gasteiger partial charge in [-0.05, 0) is 55.8 Å². The molecular weight excluding hydrogens is 240 g/mol. The summed E-state index contributed by atoms with van der Waals surface area (Å²) >= 11 is 0. The molecule has 0 spiro atoms. The number of rotatable bonds is 3. The molecule has 4 fully saturated rings. The summed E-state index contributed by atoms with van der Waals surface area (Å²) in [6.45, 7) is 0. The highest BCUT2D eigenvalue weighted by molar-refractivity contribution is 5.71. The van der Waals surface area contributed by atoms with Crippen LogP contribution in [0.25, 0.3) is 0 Å². The van der Waals surface area contributed by atoms with Crippen LogP contribution in [0, 0.1) is 40.9 Å². The van der Waals surface area contributed by atoms with Crippen LogP contribution < -0.4 is 16.6 Å². The maximum absolute atomic E-state index is 10.6. The minimum absolute atomic E-state index is 0.375. The molecule has 4 aliphatic rings. The van der Waals surface area contributed by atoms with Gasteiger partial charge in [0.25, 0.3) is 0 Å². The second-order valence-electron chi connectivity index (χ2n) is 6.30. The van der Waals surface area contributed by atoms with E-state index in [9.17, 15) is 10.1 Å². The minimum atomic E-state index is -0.640. The Balaban J connectivity index is 1.73. The summed E-state index contributed by atoms with van der Waals surface area (Å²) in [6.07, 6.45) is 8.14. The van der Waals surface area contributed by atoms with E-state index in [2.05, 4.69) is 16.9 Å². The van der Waals surface area contributed by atoms with Crippen molar-refractivity contribution in [1.29, 1.82) is 5.26 Å². The number of nitrogens with two attached hydrogens (primary N) is 1. The number of allylic oxidation sites excluding steroid dienone is 1. The van der Waals surface area contributed by atoms with Crippen LogP contribution in [0.15, 0.2) is 11.8 Å². The average Bonchev–Trinajstić information content (AvgIpc) is 2.35. The van der Waals surface area contributed by atoms with Crippen molar-refractivity contribution in [3.63, 3.8) is 0 Å². The summed E-state index contributed by atoms with van der Waals surface area (Å²) in [5.41, 5.74) is 10.7. The predicted octanol–water partition coefficient (Wildman–Crippen LogP) is 1.64. The van der Waals surface area contributed by atoms with Gasteiger partial charge in [0.05, 0.1) is 11.6 Å². The number of carbonyl (C=O) groups excluding carboxylic acids is 1. The van der Waals surface area contributed by atoms with Crippen LogP contribution in [-0.2, 0) is 0 Å². The molecule has 5 heteroatoms. The third kappa shape index (κ3) is 2.27. The van der Waals surface area contributed by atoms with Crippen molar-refractivity contribution in [3.8, 4) is 6.07 Å². The maximum Gasteiger partial charge on any atom is 0.330 e. The molecule has 102 valence electrons. The molecule has 4 N–H and O–H groups in total. The number of hydrogen-bond acceptors (Lipinski definition) is 3. The van der Waals surface area contributed by atoms with E-state index in [1.165, 1.54) is 32.1 Å². The van der Waals surface area contributed by atoms with Gasteiger partial charge in [0.2, 0.25) is 0 Å². The van der Waals surface area contributed by atoms with E-state index in [4.69, 9.17) is 5.73 Å². The summed E-state index contributed by atoms with van der Waals surface area (Å²) in [7, 11) is 0. The van der Waals surface area contributed by atoms with Crippen molar-refractivity contribution in [2.45, 2.75) is 32.1 Å². The molecule has 19 heavy (non-hydrogen) atoms. The quantitative estimate of drug-likeness (QED) is 0.532. The lowest BCUT2D eigenvalue weighted by Crippen LogP contribution is -2.46. The first-order valence-corrected chi connectivity index (χ1v) is 7.08. The molecule has 0 unspecified atom stereocenters. The largest absolute Gasteiger partial charge is 0.350 e. The number of urea groups is 1. The Hall–Kier alpha value is -1.70. The van der Waals surface area contributed by atoms with Crippen LogP contribution in [0.1, 0.15) is 32.1 Å². The highest BCUT2D eigenvalue weighted by Crippen LogP contribution is 2.58. The highest BCUT2D eigenvalue weighted by atomic mass is 16.2. The Morgan fingerprint density at radius 3 is 2.21 bits per heavy atom. The molecule has 4 bridgehead atoms. The molecule has 5 nitrogen and oxygen atoms in total. The first-order valence-electron chi connectivity index (χ1n) is 7.08. The monoisotopic (exact) mass is 260 g/mol. The van der Waals surface area contributed by atoms with Crippen LogP contribution in [0.2, 0.25) is 0 Å². The van der Waals surface area contributed by atoms with Crippen molar-refractivity contribution in [2.24, 2.45) is 35.3 Å². The molecule has 0 atom stereocenters. The first-order chi connectivity index (χ1) is 9.17. The maximum atomic E-state index is 10.6. The van der Waals surface area contributed by atoms with Crippen molar-refractivity contribution < 1.29 is 4.79 Å². The summed E-state index contributed by atoms with van der Waals surface area (Å²) in [5, 5.41) is 9.37. The summed E-state index contributed by atoms with van der Waals surface area (Å²) in [4.78, 5) is 10.6. The van der Waals surface area contributed by atoms with Gasteiger partial charge in [-0.25, -0.2) is 4.79 Å². The van der Waals surface area contributed by atoms with Crippen LogP contribution in [0.3, 0.4) is 0 Å². The van der Waals surface area contributed by atoms with E-state index in [1.807, 2.05) is 0 Å². The van der Waals surface area contributed by atoms with Gasteiger partial charge in [-0.3, -0.25) is 5.43 Å². The van der Waals surface area contributed by atoms with E-state index in [0.717, 1.165) is 17.4 Å². The Kier molecular flexibility index (Phi) is 3.09. The van der Waals surface area contributed by atoms with Gasteiger partial charge in [-0.2, -0.15) is 5.26 Å². The average molecular weight is 260 g/mol. The summed E-state index contributed by atoms with van der Waals surface area (Å²) < 4.78 is 0. The topological polar surface area (TPSA) is 90.9 Å². The molecule has 0 saturated heterocycles. The second kappa shape index (κ2) is 4.76. The van der Waals surface area contributed by atoms with Gasteiger partial charge in [0.15, 0.2) is 0 Å². The van der Waals surface area contributed by atoms with Crippen LogP contribution in [-0.4, -0.2) is 6.03 Å². The van der Waals surface area contributed by atoms with Crippen molar-refractivity contribution in [1.82, 2.24) is 10.9 Å². The van der Waals surface area contributed by atoms with Gasteiger partial charge >= 0.3 is 6.03 Å². The predicted molar refractivity (Wildman–Crippen MR) is 70.1 cm³/mol. The number of carbonyl (C=O) groups is 1. The van der Waals surface area contributed by atoms with Gasteiger partial charge in [0.1, 0.15) is 0 Å². The lowest BCUT2D eigenvalue weighted by Gasteiger charge is -2.54. The standard InChI is InChI=1S/C14H20N4O/c15-6-12(7-17-18-14(16)19)13-10-2-8-1-9(4-10)5-11(13)3-8/h7-11,13,17H,1-5H2,(H3,16,18,19)/b12-7+. The van der Waals surface area contributed by atoms with Gasteiger partial charge in [0, 0.05) is 12.1 Å². The molecule has 0 heterocycles. The summed E-state index contributed by atoms with van der Waals surface area (Å²) in [6, 6.07) is 1.67. The number of primary amides is 1. The zero-order chi connectivity index (χ0) is 13.4. The zero-order valence-electron chi connectivity index (χ0n) is 10.9. The zero-order valence-corrected chi connectivity index (χ0v) is 10.9. The SMILES string of the molecule is N#C/C(=C\NNC(N)=O)C1C2CC3CC(C2)CC1C3. The Morgan fingerprint density at radius 2 is 1.74 bits per heavy atom. The van der Waals surface area contributed by atoms with Crippen molar-refractivity contribution in [3.05, 3.63) is 11.8 Å². The third-order valence-corrected chi connectivity index (χ3v) is 5.14. The highest BCUT2D eigenvalue weighted by Gasteiger charge is 2.49. The Bertz CT molecular complexity index is 423. The molecule has 4 rings (SSSR count). The minimum Gasteiger partial charge on any atom is -0.350 e. The van der Waals surface area contributed by atoms with E-state index < -0.39 is 6.03 Å². The third-order valence-electron chi connectivity index (χ3n) is 5.14. The number of hydrazine groups is 1. The van der Waals surface area contributed by atoms with Crippen LogP contribution in [0.4, 0.5) is 4.79 Å². The molecule has 4 saturated carbocycles. The molecule has 0 radical (unpaired) electrons. The second-order valence-corrected chi connectivity index (χ2v) is 6.30. The van der Waals surface area contributed by atoms with Crippen LogP contribution >= 0.6 is 0 Å². The lowest BCUT2D eigenvalue weighted by atomic mass is 9.51. The van der Waals surface area contributed by atoms with Gasteiger partial charge in [-0.1, -0.05) is 0 Å². The molecule has 0 aromatic heterocycles. The molecule has 0 aliphatic heterocycles. The summed E-state index contributed by atoms with van der Waals surface area (Å²) in [5.74, 6) is 3.50.